The van der Waals surface area contributed by atoms with Crippen LogP contribution in [-0.2, 0) is 6.42 Å². The number of nitrogens with one attached hydrogen (secondary N) is 1. The Morgan fingerprint density at radius 1 is 1.00 bits per heavy atom. The van der Waals surface area contributed by atoms with Gasteiger partial charge in [0, 0.05) is 23.1 Å². The minimum Gasteiger partial charge on any atom is -0.493 e. The molecule has 1 aromatic heterocycles. The summed E-state index contributed by atoms with van der Waals surface area (Å²) in [7, 11) is 3.17. The number of aromatic amines is 1. The van der Waals surface area contributed by atoms with Crippen LogP contribution < -0.4 is 15.0 Å². The molecule has 0 radical (unpaired) electrons. The van der Waals surface area contributed by atoms with Gasteiger partial charge in [-0.25, -0.2) is 0 Å². The van der Waals surface area contributed by atoms with Crippen molar-refractivity contribution in [3.8, 4) is 22.6 Å². The minimum atomic E-state index is -0.0949. The van der Waals surface area contributed by atoms with Gasteiger partial charge in [0.15, 0.2) is 11.5 Å². The van der Waals surface area contributed by atoms with Crippen molar-refractivity contribution in [3.05, 3.63) is 58.0 Å². The van der Waals surface area contributed by atoms with E-state index in [4.69, 9.17) is 9.47 Å². The molecule has 1 heterocycles. The highest BCUT2D eigenvalue weighted by atomic mass is 16.5. The molecule has 0 atom stereocenters. The third kappa shape index (κ3) is 1.67. The Labute approximate surface area is 127 Å². The molecule has 4 nitrogen and oxygen atoms in total. The van der Waals surface area contributed by atoms with Crippen LogP contribution >= 0.6 is 0 Å². The fraction of sp³-hybridized carbons (Fsp3) is 0.167. The molecule has 0 fully saturated rings. The van der Waals surface area contributed by atoms with Crippen LogP contribution in [0.5, 0.6) is 11.5 Å². The number of pyridine rings is 1. The van der Waals surface area contributed by atoms with Crippen molar-refractivity contribution < 1.29 is 9.47 Å². The van der Waals surface area contributed by atoms with Crippen molar-refractivity contribution in [1.29, 1.82) is 0 Å². The summed E-state index contributed by atoms with van der Waals surface area (Å²) in [6.45, 7) is 0. The van der Waals surface area contributed by atoms with E-state index in [1.165, 1.54) is 11.1 Å². The van der Waals surface area contributed by atoms with E-state index in [0.717, 1.165) is 23.1 Å². The molecule has 2 aromatic carbocycles. The lowest BCUT2D eigenvalue weighted by atomic mass is 10.0. The Morgan fingerprint density at radius 2 is 1.68 bits per heavy atom. The lowest BCUT2D eigenvalue weighted by molar-refractivity contribution is 0.356. The summed E-state index contributed by atoms with van der Waals surface area (Å²) in [6.07, 6.45) is 0.755. The number of benzene rings is 2. The molecule has 1 aliphatic rings. The van der Waals surface area contributed by atoms with Gasteiger partial charge in [-0.15, -0.1) is 0 Å². The first-order valence-corrected chi connectivity index (χ1v) is 7.12. The highest BCUT2D eigenvalue weighted by molar-refractivity contribution is 6.01. The Bertz CT molecular complexity index is 956. The smallest absolute Gasteiger partial charge is 0.256 e. The normalized spacial score (nSPS) is 12.1. The van der Waals surface area contributed by atoms with Crippen LogP contribution in [0.4, 0.5) is 0 Å². The first-order valence-electron chi connectivity index (χ1n) is 7.12. The SMILES string of the molecule is COc1cc2c3c([nH]c(=O)c2cc1OC)Cc1ccccc1-3. The van der Waals surface area contributed by atoms with E-state index in [1.54, 1.807) is 20.3 Å². The largest absolute Gasteiger partial charge is 0.493 e. The molecule has 4 rings (SSSR count). The van der Waals surface area contributed by atoms with Gasteiger partial charge in [0.1, 0.15) is 0 Å². The first kappa shape index (κ1) is 13.0. The van der Waals surface area contributed by atoms with E-state index in [2.05, 4.69) is 17.1 Å². The number of rotatable bonds is 2. The Morgan fingerprint density at radius 3 is 2.41 bits per heavy atom. The molecule has 1 aliphatic carbocycles. The molecular weight excluding hydrogens is 278 g/mol. The number of hydrogen-bond donors (Lipinski definition) is 1. The van der Waals surface area contributed by atoms with Crippen molar-refractivity contribution in [2.75, 3.05) is 14.2 Å². The Balaban J connectivity index is 2.14. The maximum Gasteiger partial charge on any atom is 0.256 e. The van der Waals surface area contributed by atoms with Gasteiger partial charge in [-0.1, -0.05) is 24.3 Å². The second-order valence-electron chi connectivity index (χ2n) is 5.39. The molecule has 1 N–H and O–H groups in total. The summed E-state index contributed by atoms with van der Waals surface area (Å²) in [4.78, 5) is 15.4. The van der Waals surface area contributed by atoms with E-state index in [1.807, 2.05) is 18.2 Å². The zero-order valence-corrected chi connectivity index (χ0v) is 12.4. The average Bonchev–Trinajstić information content (AvgIpc) is 2.91. The van der Waals surface area contributed by atoms with Gasteiger partial charge in [0.25, 0.3) is 5.56 Å². The van der Waals surface area contributed by atoms with E-state index >= 15 is 0 Å². The number of fused-ring (bicyclic) bond motifs is 5. The molecule has 110 valence electrons. The van der Waals surface area contributed by atoms with Crippen molar-refractivity contribution >= 4 is 10.8 Å². The maximum atomic E-state index is 12.4. The molecule has 0 bridgehead atoms. The molecule has 22 heavy (non-hydrogen) atoms. The fourth-order valence-electron chi connectivity index (χ4n) is 3.25. The van der Waals surface area contributed by atoms with Crippen molar-refractivity contribution in [2.24, 2.45) is 0 Å². The predicted molar refractivity (Wildman–Crippen MR) is 85.9 cm³/mol. The lowest BCUT2D eigenvalue weighted by Crippen LogP contribution is -2.09. The summed E-state index contributed by atoms with van der Waals surface area (Å²) in [5.74, 6) is 1.19. The highest BCUT2D eigenvalue weighted by Crippen LogP contribution is 2.42. The van der Waals surface area contributed by atoms with Crippen molar-refractivity contribution in [2.45, 2.75) is 6.42 Å². The molecule has 3 aromatic rings. The standard InChI is InChI=1S/C18H15NO3/c1-21-15-8-12-13(9-16(15)22-2)18(20)19-14-7-10-5-3-4-6-11(10)17(12)14/h3-6,8-9H,7H2,1-2H3,(H,19,20). The first-order chi connectivity index (χ1) is 10.7. The van der Waals surface area contributed by atoms with Crippen LogP contribution in [0.2, 0.25) is 0 Å². The van der Waals surface area contributed by atoms with E-state index < -0.39 is 0 Å². The third-order valence-corrected chi connectivity index (χ3v) is 4.26. The van der Waals surface area contributed by atoms with E-state index in [0.29, 0.717) is 16.9 Å². The molecule has 0 amide bonds. The molecular formula is C18H15NO3. The van der Waals surface area contributed by atoms with Crippen LogP contribution in [0, 0.1) is 0 Å². The monoisotopic (exact) mass is 293 g/mol. The molecule has 0 spiro atoms. The van der Waals surface area contributed by atoms with Gasteiger partial charge in [0.05, 0.1) is 19.6 Å². The Kier molecular flexibility index (Phi) is 2.73. The number of hydrogen-bond acceptors (Lipinski definition) is 3. The van der Waals surface area contributed by atoms with Crippen LogP contribution in [0.1, 0.15) is 11.3 Å². The van der Waals surface area contributed by atoms with Gasteiger partial charge in [0.2, 0.25) is 0 Å². The van der Waals surface area contributed by atoms with Crippen LogP contribution in [0.3, 0.4) is 0 Å². The van der Waals surface area contributed by atoms with Crippen LogP contribution in [0.15, 0.2) is 41.2 Å². The maximum absolute atomic E-state index is 12.4. The summed E-state index contributed by atoms with van der Waals surface area (Å²) >= 11 is 0. The summed E-state index contributed by atoms with van der Waals surface area (Å²) in [5.41, 5.74) is 4.36. The second-order valence-corrected chi connectivity index (χ2v) is 5.39. The molecule has 0 unspecified atom stereocenters. The third-order valence-electron chi connectivity index (χ3n) is 4.26. The zero-order chi connectivity index (χ0) is 15.3. The summed E-state index contributed by atoms with van der Waals surface area (Å²) in [5, 5.41) is 1.52. The second kappa shape index (κ2) is 4.63. The number of H-pyrrole nitrogens is 1. The summed E-state index contributed by atoms with van der Waals surface area (Å²) in [6, 6.07) is 11.9. The topological polar surface area (TPSA) is 51.3 Å². The van der Waals surface area contributed by atoms with Gasteiger partial charge in [-0.3, -0.25) is 4.79 Å². The molecule has 0 aliphatic heterocycles. The van der Waals surface area contributed by atoms with Gasteiger partial charge >= 0.3 is 0 Å². The van der Waals surface area contributed by atoms with Crippen molar-refractivity contribution in [3.63, 3.8) is 0 Å². The number of methoxy groups -OCH3 is 2. The highest BCUT2D eigenvalue weighted by Gasteiger charge is 2.23. The van der Waals surface area contributed by atoms with Gasteiger partial charge < -0.3 is 14.5 Å². The van der Waals surface area contributed by atoms with Crippen LogP contribution in [0.25, 0.3) is 21.9 Å². The average molecular weight is 293 g/mol. The Hall–Kier alpha value is -2.75. The van der Waals surface area contributed by atoms with Crippen LogP contribution in [-0.4, -0.2) is 19.2 Å². The fourth-order valence-corrected chi connectivity index (χ4v) is 3.25. The van der Waals surface area contributed by atoms with E-state index in [9.17, 15) is 4.79 Å². The quantitative estimate of drug-likeness (QED) is 0.618. The van der Waals surface area contributed by atoms with Crippen molar-refractivity contribution in [1.82, 2.24) is 4.98 Å². The predicted octanol–water partition coefficient (Wildman–Crippen LogP) is 3.12. The number of ether oxygens (including phenoxy) is 2. The van der Waals surface area contributed by atoms with Gasteiger partial charge in [-0.05, 0) is 23.3 Å². The van der Waals surface area contributed by atoms with Gasteiger partial charge in [-0.2, -0.15) is 0 Å². The molecule has 0 saturated heterocycles. The van der Waals surface area contributed by atoms with E-state index in [-0.39, 0.29) is 5.56 Å². The molecule has 0 saturated carbocycles. The minimum absolute atomic E-state index is 0.0949. The summed E-state index contributed by atoms with van der Waals surface area (Å²) < 4.78 is 10.7. The molecule has 4 heteroatoms. The zero-order valence-electron chi connectivity index (χ0n) is 12.4. The number of aromatic nitrogens is 1. The lowest BCUT2D eigenvalue weighted by Gasteiger charge is -2.12.